The van der Waals surface area contributed by atoms with Crippen LogP contribution in [0.2, 0.25) is 0 Å². The van der Waals surface area contributed by atoms with Gasteiger partial charge in [0.25, 0.3) is 11.9 Å². The van der Waals surface area contributed by atoms with Crippen molar-refractivity contribution in [3.63, 3.8) is 0 Å². The minimum absolute atomic E-state index is 0.0969. The molecule has 5 atom stereocenters. The quantitative estimate of drug-likeness (QED) is 0.406. The van der Waals surface area contributed by atoms with Crippen molar-refractivity contribution in [1.82, 2.24) is 5.32 Å². The Morgan fingerprint density at radius 3 is 3.06 bits per heavy atom. The number of nitro groups is 1. The maximum Gasteiger partial charge on any atom is 0.297 e. The molecule has 3 fully saturated rings. The molecule has 0 aromatic heterocycles. The largest absolute Gasteiger partial charge is 0.366 e. The highest BCUT2D eigenvalue weighted by Crippen LogP contribution is 2.42. The Balaban J connectivity index is 1.99. The van der Waals surface area contributed by atoms with E-state index in [9.17, 15) is 20.0 Å². The second-order valence-electron chi connectivity index (χ2n) is 4.35. The summed E-state index contributed by atoms with van der Waals surface area (Å²) in [5.41, 5.74) is -1.62. The first-order valence-electron chi connectivity index (χ1n) is 4.96. The third-order valence-electron chi connectivity index (χ3n) is 3.37. The highest BCUT2D eigenvalue weighted by molar-refractivity contribution is 5.82. The van der Waals surface area contributed by atoms with Crippen LogP contribution in [0.5, 0.6) is 0 Å². The van der Waals surface area contributed by atoms with Gasteiger partial charge in [-0.05, 0) is 0 Å². The standard InChI is InChI=1S/C8H10N2O6/c11-6-5(10(13)14)3-1-8(12,9-6)7-15-2-4(3)16-7/h3-5,7,12H,1-2H2,(H,9,11). The van der Waals surface area contributed by atoms with Gasteiger partial charge < -0.3 is 19.9 Å². The summed E-state index contributed by atoms with van der Waals surface area (Å²) in [5.74, 6) is -1.40. The Morgan fingerprint density at radius 2 is 2.38 bits per heavy atom. The van der Waals surface area contributed by atoms with Gasteiger partial charge in [0.2, 0.25) is 6.29 Å². The smallest absolute Gasteiger partial charge is 0.297 e. The van der Waals surface area contributed by atoms with Gasteiger partial charge in [-0.15, -0.1) is 0 Å². The van der Waals surface area contributed by atoms with Crippen molar-refractivity contribution in [2.45, 2.75) is 30.6 Å². The van der Waals surface area contributed by atoms with Gasteiger partial charge in [-0.3, -0.25) is 14.9 Å². The van der Waals surface area contributed by atoms with E-state index in [4.69, 9.17) is 9.47 Å². The average molecular weight is 230 g/mol. The number of nitrogens with one attached hydrogen (secondary N) is 1. The third kappa shape index (κ3) is 1.11. The summed E-state index contributed by atoms with van der Waals surface area (Å²) in [6, 6.07) is -1.37. The van der Waals surface area contributed by atoms with Crippen molar-refractivity contribution in [2.75, 3.05) is 6.61 Å². The van der Waals surface area contributed by atoms with Crippen LogP contribution in [0.15, 0.2) is 0 Å². The number of amides is 1. The van der Waals surface area contributed by atoms with E-state index < -0.39 is 40.9 Å². The van der Waals surface area contributed by atoms with E-state index in [0.29, 0.717) is 0 Å². The summed E-state index contributed by atoms with van der Waals surface area (Å²) >= 11 is 0. The first kappa shape index (κ1) is 9.94. The van der Waals surface area contributed by atoms with Crippen LogP contribution in [0.3, 0.4) is 0 Å². The summed E-state index contributed by atoms with van der Waals surface area (Å²) in [6.45, 7) is 0.178. The van der Waals surface area contributed by atoms with Crippen molar-refractivity contribution in [2.24, 2.45) is 5.92 Å². The number of hydrogen-bond acceptors (Lipinski definition) is 6. The number of carbonyl (C=O) groups excluding carboxylic acids is 1. The molecule has 88 valence electrons. The molecular formula is C8H10N2O6. The predicted molar refractivity (Wildman–Crippen MR) is 46.6 cm³/mol. The maximum atomic E-state index is 11.5. The summed E-state index contributed by atoms with van der Waals surface area (Å²) in [5, 5.41) is 23.1. The van der Waals surface area contributed by atoms with Crippen molar-refractivity contribution < 1.29 is 24.3 Å². The first-order chi connectivity index (χ1) is 7.51. The molecule has 16 heavy (non-hydrogen) atoms. The van der Waals surface area contributed by atoms with Crippen LogP contribution >= 0.6 is 0 Å². The molecule has 3 rings (SSSR count). The van der Waals surface area contributed by atoms with Gasteiger partial charge in [0.15, 0.2) is 5.72 Å². The predicted octanol–water partition coefficient (Wildman–Crippen LogP) is -1.79. The topological polar surface area (TPSA) is 111 Å². The fraction of sp³-hybridized carbons (Fsp3) is 0.875. The minimum atomic E-state index is -1.62. The van der Waals surface area contributed by atoms with E-state index in [1.807, 2.05) is 0 Å². The normalized spacial score (nSPS) is 49.9. The number of aliphatic hydroxyl groups is 1. The molecule has 0 aromatic carbocycles. The number of rotatable bonds is 1. The van der Waals surface area contributed by atoms with Crippen molar-refractivity contribution in [3.05, 3.63) is 10.1 Å². The lowest BCUT2D eigenvalue weighted by Crippen LogP contribution is -2.70. The highest BCUT2D eigenvalue weighted by atomic mass is 16.7. The van der Waals surface area contributed by atoms with E-state index in [2.05, 4.69) is 5.32 Å². The number of nitrogens with zero attached hydrogens (tertiary/aromatic N) is 1. The van der Waals surface area contributed by atoms with Crippen molar-refractivity contribution in [3.8, 4) is 0 Å². The Hall–Kier alpha value is -1.25. The monoisotopic (exact) mass is 230 g/mol. The Morgan fingerprint density at radius 1 is 1.62 bits per heavy atom. The molecule has 8 nitrogen and oxygen atoms in total. The van der Waals surface area contributed by atoms with Gasteiger partial charge in [-0.2, -0.15) is 0 Å². The molecule has 2 N–H and O–H groups in total. The molecule has 3 saturated heterocycles. The molecule has 3 heterocycles. The fourth-order valence-electron chi connectivity index (χ4n) is 2.64. The summed E-state index contributed by atoms with van der Waals surface area (Å²) in [6.07, 6.45) is -1.29. The Bertz CT molecular complexity index is 374. The molecular weight excluding hydrogens is 220 g/mol. The number of fused-ring (bicyclic) bond motifs is 6. The molecule has 1 amide bonds. The maximum absolute atomic E-state index is 11.5. The zero-order chi connectivity index (χ0) is 11.5. The Labute approximate surface area is 89.7 Å². The SMILES string of the molecule is O=C1NC2(O)CC(C3COC2O3)C1[N+](=O)[O-]. The van der Waals surface area contributed by atoms with Gasteiger partial charge in [0, 0.05) is 11.3 Å². The number of piperidine rings is 1. The summed E-state index contributed by atoms with van der Waals surface area (Å²) in [7, 11) is 0. The fourth-order valence-corrected chi connectivity index (χ4v) is 2.64. The average Bonchev–Trinajstić information content (AvgIpc) is 2.60. The van der Waals surface area contributed by atoms with Crippen molar-refractivity contribution in [1.29, 1.82) is 0 Å². The van der Waals surface area contributed by atoms with Gasteiger partial charge in [-0.1, -0.05) is 0 Å². The lowest BCUT2D eigenvalue weighted by atomic mass is 9.80. The van der Waals surface area contributed by atoms with Crippen LogP contribution in [-0.4, -0.2) is 46.7 Å². The summed E-state index contributed by atoms with van der Waals surface area (Å²) in [4.78, 5) is 21.7. The minimum Gasteiger partial charge on any atom is -0.366 e. The molecule has 0 aliphatic carbocycles. The van der Waals surface area contributed by atoms with Crippen LogP contribution in [-0.2, 0) is 14.3 Å². The van der Waals surface area contributed by atoms with E-state index >= 15 is 0 Å². The lowest BCUT2D eigenvalue weighted by molar-refractivity contribution is -0.526. The van der Waals surface area contributed by atoms with Gasteiger partial charge in [0.1, 0.15) is 0 Å². The first-order valence-corrected chi connectivity index (χ1v) is 4.96. The molecule has 3 aliphatic rings. The highest BCUT2D eigenvalue weighted by Gasteiger charge is 2.63. The number of ether oxygens (including phenoxy) is 2. The lowest BCUT2D eigenvalue weighted by Gasteiger charge is -2.44. The molecule has 4 bridgehead atoms. The van der Waals surface area contributed by atoms with Gasteiger partial charge in [0.05, 0.1) is 18.6 Å². The molecule has 0 aromatic rings. The second kappa shape index (κ2) is 2.90. The molecule has 5 unspecified atom stereocenters. The second-order valence-corrected chi connectivity index (χ2v) is 4.35. The van der Waals surface area contributed by atoms with Crippen molar-refractivity contribution >= 4 is 5.91 Å². The van der Waals surface area contributed by atoms with Crippen LogP contribution < -0.4 is 5.32 Å². The van der Waals surface area contributed by atoms with Crippen LogP contribution in [0, 0.1) is 16.0 Å². The van der Waals surface area contributed by atoms with Gasteiger partial charge >= 0.3 is 0 Å². The molecule has 8 heteroatoms. The van der Waals surface area contributed by atoms with E-state index in [1.54, 1.807) is 0 Å². The zero-order valence-corrected chi connectivity index (χ0v) is 8.16. The van der Waals surface area contributed by atoms with Gasteiger partial charge in [-0.25, -0.2) is 0 Å². The number of hydrogen-bond donors (Lipinski definition) is 2. The van der Waals surface area contributed by atoms with Crippen LogP contribution in [0.4, 0.5) is 0 Å². The van der Waals surface area contributed by atoms with E-state index in [0.717, 1.165) is 0 Å². The molecule has 3 aliphatic heterocycles. The third-order valence-corrected chi connectivity index (χ3v) is 3.37. The van der Waals surface area contributed by atoms with E-state index in [-0.39, 0.29) is 13.0 Å². The molecule has 0 saturated carbocycles. The Kier molecular flexibility index (Phi) is 1.80. The van der Waals surface area contributed by atoms with Crippen LogP contribution in [0.25, 0.3) is 0 Å². The zero-order valence-electron chi connectivity index (χ0n) is 8.16. The number of carbonyl (C=O) groups is 1. The van der Waals surface area contributed by atoms with Crippen LogP contribution in [0.1, 0.15) is 6.42 Å². The molecule has 0 spiro atoms. The van der Waals surface area contributed by atoms with E-state index in [1.165, 1.54) is 0 Å². The summed E-state index contributed by atoms with van der Waals surface area (Å²) < 4.78 is 10.5. The molecule has 0 radical (unpaired) electrons.